The summed E-state index contributed by atoms with van der Waals surface area (Å²) < 4.78 is 0. The molecule has 0 aromatic rings. The van der Waals surface area contributed by atoms with Gasteiger partial charge in [0.1, 0.15) is 0 Å². The van der Waals surface area contributed by atoms with Gasteiger partial charge in [-0.25, -0.2) is 0 Å². The summed E-state index contributed by atoms with van der Waals surface area (Å²) in [5.41, 5.74) is 0. The molecule has 0 spiro atoms. The van der Waals surface area contributed by atoms with E-state index in [-0.39, 0.29) is 5.91 Å². The van der Waals surface area contributed by atoms with Crippen LogP contribution in [0.2, 0.25) is 0 Å². The second-order valence-electron chi connectivity index (χ2n) is 2.15. The maximum absolute atomic E-state index is 11.1. The first kappa shape index (κ1) is 11.2. The van der Waals surface area contributed by atoms with E-state index >= 15 is 0 Å². The highest BCUT2D eigenvalue weighted by Crippen LogP contribution is 1.91. The van der Waals surface area contributed by atoms with E-state index in [4.69, 9.17) is 11.6 Å². The number of hydrogen-bond acceptors (Lipinski definition) is 2. The van der Waals surface area contributed by atoms with Gasteiger partial charge < -0.3 is 4.90 Å². The Kier molecular flexibility index (Phi) is 5.37. The highest BCUT2D eigenvalue weighted by Gasteiger charge is 2.04. The van der Waals surface area contributed by atoms with Crippen molar-refractivity contribution in [3.63, 3.8) is 0 Å². The summed E-state index contributed by atoms with van der Waals surface area (Å²) in [5, 5.41) is -0.629. The van der Waals surface area contributed by atoms with Gasteiger partial charge in [-0.15, -0.1) is 0 Å². The molecule has 0 radical (unpaired) electrons. The first-order valence-electron chi connectivity index (χ1n) is 3.78. The Balaban J connectivity index is 4.10. The quantitative estimate of drug-likeness (QED) is 0.492. The summed E-state index contributed by atoms with van der Waals surface area (Å²) in [6.07, 6.45) is 2.24. The van der Waals surface area contributed by atoms with E-state index in [1.165, 1.54) is 6.08 Å². The van der Waals surface area contributed by atoms with Crippen LogP contribution in [0, 0.1) is 0 Å². The zero-order valence-corrected chi connectivity index (χ0v) is 7.97. The maximum Gasteiger partial charge on any atom is 0.246 e. The molecule has 0 bridgehead atoms. The van der Waals surface area contributed by atoms with Crippen molar-refractivity contribution >= 4 is 22.8 Å². The molecule has 12 heavy (non-hydrogen) atoms. The third kappa shape index (κ3) is 4.13. The van der Waals surface area contributed by atoms with Crippen molar-refractivity contribution in [2.75, 3.05) is 13.1 Å². The van der Waals surface area contributed by atoms with Crippen LogP contribution in [-0.4, -0.2) is 29.1 Å². The highest BCUT2D eigenvalue weighted by molar-refractivity contribution is 6.66. The smallest absolute Gasteiger partial charge is 0.246 e. The molecule has 0 N–H and O–H groups in total. The predicted octanol–water partition coefficient (Wildman–Crippen LogP) is 1.18. The molecule has 0 aromatic heterocycles. The molecule has 0 aromatic carbocycles. The Morgan fingerprint density at radius 3 is 2.08 bits per heavy atom. The first-order valence-corrected chi connectivity index (χ1v) is 4.16. The molecule has 0 aliphatic rings. The SMILES string of the molecule is CCN(CC)C(=O)/C=C/C(=O)Cl. The molecule has 0 saturated heterocycles. The third-order valence-corrected chi connectivity index (χ3v) is 1.56. The maximum atomic E-state index is 11.1. The summed E-state index contributed by atoms with van der Waals surface area (Å²) >= 11 is 5.02. The summed E-state index contributed by atoms with van der Waals surface area (Å²) in [7, 11) is 0. The number of rotatable bonds is 4. The van der Waals surface area contributed by atoms with E-state index in [2.05, 4.69) is 0 Å². The number of allylic oxidation sites excluding steroid dienone is 1. The number of carbonyl (C=O) groups excluding carboxylic acids is 2. The normalized spacial score (nSPS) is 10.2. The van der Waals surface area contributed by atoms with Crippen LogP contribution in [0.3, 0.4) is 0 Å². The van der Waals surface area contributed by atoms with Crippen molar-refractivity contribution in [3.05, 3.63) is 12.2 Å². The number of nitrogens with zero attached hydrogens (tertiary/aromatic N) is 1. The molecular weight excluding hydrogens is 178 g/mol. The van der Waals surface area contributed by atoms with Crippen LogP contribution < -0.4 is 0 Å². The Morgan fingerprint density at radius 2 is 1.75 bits per heavy atom. The van der Waals surface area contributed by atoms with Gasteiger partial charge in [-0.05, 0) is 25.4 Å². The van der Waals surface area contributed by atoms with Gasteiger partial charge in [0.15, 0.2) is 0 Å². The molecule has 0 saturated carbocycles. The second kappa shape index (κ2) is 5.77. The minimum atomic E-state index is -0.629. The molecular formula is C8H12ClNO2. The van der Waals surface area contributed by atoms with Crippen molar-refractivity contribution in [1.82, 2.24) is 4.90 Å². The number of likely N-dealkylation sites (N-methyl/N-ethyl adjacent to an activating group) is 1. The molecule has 4 heteroatoms. The van der Waals surface area contributed by atoms with E-state index < -0.39 is 5.24 Å². The van der Waals surface area contributed by atoms with Crippen LogP contribution in [0.1, 0.15) is 13.8 Å². The van der Waals surface area contributed by atoms with Gasteiger partial charge in [0.2, 0.25) is 11.1 Å². The minimum absolute atomic E-state index is 0.186. The van der Waals surface area contributed by atoms with Crippen LogP contribution in [0.5, 0.6) is 0 Å². The Labute approximate surface area is 77.0 Å². The fourth-order valence-electron chi connectivity index (χ4n) is 0.777. The highest BCUT2D eigenvalue weighted by atomic mass is 35.5. The number of hydrogen-bond donors (Lipinski definition) is 0. The fraction of sp³-hybridized carbons (Fsp3) is 0.500. The van der Waals surface area contributed by atoms with Gasteiger partial charge in [-0.2, -0.15) is 0 Å². The Bertz CT molecular complexity index is 197. The van der Waals surface area contributed by atoms with Gasteiger partial charge in [-0.3, -0.25) is 9.59 Å². The third-order valence-electron chi connectivity index (χ3n) is 1.43. The lowest BCUT2D eigenvalue weighted by molar-refractivity contribution is -0.125. The van der Waals surface area contributed by atoms with Crippen molar-refractivity contribution in [3.8, 4) is 0 Å². The van der Waals surface area contributed by atoms with Gasteiger partial charge in [0.05, 0.1) is 0 Å². The molecule has 68 valence electrons. The summed E-state index contributed by atoms with van der Waals surface area (Å²) in [6.45, 7) is 5.02. The molecule has 1 amide bonds. The van der Waals surface area contributed by atoms with Crippen molar-refractivity contribution in [1.29, 1.82) is 0 Å². The van der Waals surface area contributed by atoms with E-state index in [9.17, 15) is 9.59 Å². The lowest BCUT2D eigenvalue weighted by atomic mass is 10.4. The molecule has 0 aliphatic carbocycles. The van der Waals surface area contributed by atoms with Gasteiger partial charge in [-0.1, -0.05) is 0 Å². The van der Waals surface area contributed by atoms with Crippen LogP contribution >= 0.6 is 11.6 Å². The molecule has 3 nitrogen and oxygen atoms in total. The fourth-order valence-corrected chi connectivity index (χ4v) is 0.840. The van der Waals surface area contributed by atoms with E-state index in [0.29, 0.717) is 13.1 Å². The van der Waals surface area contributed by atoms with Gasteiger partial charge in [0, 0.05) is 25.2 Å². The molecule has 0 rings (SSSR count). The monoisotopic (exact) mass is 189 g/mol. The zero-order valence-electron chi connectivity index (χ0n) is 7.21. The number of amides is 1. The standard InChI is InChI=1S/C8H12ClNO2/c1-3-10(4-2)8(12)6-5-7(9)11/h5-6H,3-4H2,1-2H3/b6-5+. The number of carbonyl (C=O) groups is 2. The predicted molar refractivity (Wildman–Crippen MR) is 47.9 cm³/mol. The zero-order chi connectivity index (χ0) is 9.56. The van der Waals surface area contributed by atoms with Crippen molar-refractivity contribution in [2.45, 2.75) is 13.8 Å². The molecule has 0 heterocycles. The average molecular weight is 190 g/mol. The summed E-state index contributed by atoms with van der Waals surface area (Å²) in [6, 6.07) is 0. The van der Waals surface area contributed by atoms with E-state index in [1.54, 1.807) is 4.90 Å². The molecule has 0 fully saturated rings. The molecule has 0 atom stereocenters. The van der Waals surface area contributed by atoms with Crippen LogP contribution in [-0.2, 0) is 9.59 Å². The van der Waals surface area contributed by atoms with Gasteiger partial charge >= 0.3 is 0 Å². The summed E-state index contributed by atoms with van der Waals surface area (Å²) in [4.78, 5) is 23.0. The van der Waals surface area contributed by atoms with Crippen molar-refractivity contribution < 1.29 is 9.59 Å². The lowest BCUT2D eigenvalue weighted by Crippen LogP contribution is -2.28. The van der Waals surface area contributed by atoms with Crippen LogP contribution in [0.25, 0.3) is 0 Å². The average Bonchev–Trinajstić information content (AvgIpc) is 2.03. The number of halogens is 1. The topological polar surface area (TPSA) is 37.4 Å². The van der Waals surface area contributed by atoms with Crippen LogP contribution in [0.4, 0.5) is 0 Å². The second-order valence-corrected chi connectivity index (χ2v) is 2.52. The van der Waals surface area contributed by atoms with Crippen LogP contribution in [0.15, 0.2) is 12.2 Å². The molecule has 0 aliphatic heterocycles. The van der Waals surface area contributed by atoms with E-state index in [1.807, 2.05) is 13.8 Å². The van der Waals surface area contributed by atoms with Gasteiger partial charge in [0.25, 0.3) is 0 Å². The Morgan fingerprint density at radius 1 is 1.25 bits per heavy atom. The van der Waals surface area contributed by atoms with E-state index in [0.717, 1.165) is 6.08 Å². The van der Waals surface area contributed by atoms with Crippen molar-refractivity contribution in [2.24, 2.45) is 0 Å². The lowest BCUT2D eigenvalue weighted by Gasteiger charge is -2.15. The first-order chi connectivity index (χ1) is 5.61. The minimum Gasteiger partial charge on any atom is -0.340 e. The largest absolute Gasteiger partial charge is 0.340 e. The Hall–Kier alpha value is -0.830. The molecule has 0 unspecified atom stereocenters. The summed E-state index contributed by atoms with van der Waals surface area (Å²) in [5.74, 6) is -0.186.